The molecule has 3 heterocycles. The number of nitrogens with zero attached hydrogens (tertiary/aromatic N) is 4. The number of ether oxygens (including phenoxy) is 4. The number of fused-ring (bicyclic) bond motifs is 3. The van der Waals surface area contributed by atoms with Gasteiger partial charge in [0, 0.05) is 44.1 Å². The van der Waals surface area contributed by atoms with E-state index in [4.69, 9.17) is 18.9 Å². The highest BCUT2D eigenvalue weighted by molar-refractivity contribution is 5.97. The van der Waals surface area contributed by atoms with E-state index >= 15 is 0 Å². The van der Waals surface area contributed by atoms with Gasteiger partial charge < -0.3 is 55.1 Å². The number of aliphatic hydroxyl groups is 1. The van der Waals surface area contributed by atoms with Crippen molar-refractivity contribution in [2.45, 2.75) is 58.3 Å². The van der Waals surface area contributed by atoms with Crippen molar-refractivity contribution in [1.29, 1.82) is 0 Å². The summed E-state index contributed by atoms with van der Waals surface area (Å²) in [4.78, 5) is 80.0. The molecule has 0 saturated carbocycles. The van der Waals surface area contributed by atoms with Gasteiger partial charge in [0.25, 0.3) is 11.8 Å². The van der Waals surface area contributed by atoms with Gasteiger partial charge in [-0.25, -0.2) is 9.97 Å². The number of benzene rings is 2. The third kappa shape index (κ3) is 11.1. The van der Waals surface area contributed by atoms with Crippen molar-refractivity contribution in [2.24, 2.45) is 5.92 Å². The predicted molar refractivity (Wildman–Crippen MR) is 211 cm³/mol. The zero-order valence-corrected chi connectivity index (χ0v) is 33.4. The van der Waals surface area contributed by atoms with Crippen molar-refractivity contribution in [3.05, 3.63) is 65.5 Å². The maximum absolute atomic E-state index is 13.8. The van der Waals surface area contributed by atoms with E-state index in [1.165, 1.54) is 38.4 Å². The fourth-order valence-electron chi connectivity index (χ4n) is 6.41. The molecule has 1 aromatic heterocycles. The number of aromatic nitrogens is 2. The Kier molecular flexibility index (Phi) is 15.2. The number of hydrogen-bond donors (Lipinski definition) is 5. The molecule has 2 bridgehead atoms. The number of carbonyl (C=O) groups is 5. The highest BCUT2D eigenvalue weighted by atomic mass is 16.5. The summed E-state index contributed by atoms with van der Waals surface area (Å²) in [6, 6.07) is 7.28. The summed E-state index contributed by atoms with van der Waals surface area (Å²) in [6.45, 7) is 6.86. The zero-order chi connectivity index (χ0) is 41.8. The molecule has 2 aromatic carbocycles. The molecule has 18 heteroatoms. The molecule has 1 fully saturated rings. The van der Waals surface area contributed by atoms with Crippen LogP contribution >= 0.6 is 0 Å². The van der Waals surface area contributed by atoms with Crippen molar-refractivity contribution < 1.29 is 48.0 Å². The monoisotopic (exact) mass is 804 g/mol. The van der Waals surface area contributed by atoms with Gasteiger partial charge in [-0.15, -0.1) is 0 Å². The molecule has 0 unspecified atom stereocenters. The van der Waals surface area contributed by atoms with E-state index in [0.717, 1.165) is 0 Å². The predicted octanol–water partition coefficient (Wildman–Crippen LogP) is 1.41. The van der Waals surface area contributed by atoms with Gasteiger partial charge in [0.1, 0.15) is 23.6 Å². The lowest BCUT2D eigenvalue weighted by Crippen LogP contribution is -2.59. The third-order valence-corrected chi connectivity index (χ3v) is 9.66. The minimum Gasteiger partial charge on any atom is -0.496 e. The van der Waals surface area contributed by atoms with Gasteiger partial charge in [0.2, 0.25) is 23.7 Å². The number of nitrogens with one attached hydrogen (secondary N) is 4. The van der Waals surface area contributed by atoms with Crippen LogP contribution in [0, 0.1) is 5.92 Å². The molecule has 2 aliphatic heterocycles. The Bertz CT molecular complexity index is 1920. The summed E-state index contributed by atoms with van der Waals surface area (Å²) in [5.74, 6) is -1.65. The minimum atomic E-state index is -1.47. The van der Waals surface area contributed by atoms with Crippen molar-refractivity contribution in [3.63, 3.8) is 0 Å². The molecule has 312 valence electrons. The van der Waals surface area contributed by atoms with Gasteiger partial charge in [-0.2, -0.15) is 0 Å². The summed E-state index contributed by atoms with van der Waals surface area (Å²) in [5, 5.41) is 21.6. The molecule has 5 N–H and O–H groups in total. The molecule has 0 aliphatic carbocycles. The topological polar surface area (TPSA) is 223 Å². The Morgan fingerprint density at radius 3 is 2.26 bits per heavy atom. The first kappa shape index (κ1) is 43.1. The zero-order valence-electron chi connectivity index (χ0n) is 33.4. The van der Waals surface area contributed by atoms with Crippen LogP contribution in [0.2, 0.25) is 0 Å². The second kappa shape index (κ2) is 20.4. The van der Waals surface area contributed by atoms with E-state index in [2.05, 4.69) is 31.2 Å². The van der Waals surface area contributed by atoms with Crippen LogP contribution in [-0.2, 0) is 25.7 Å². The van der Waals surface area contributed by atoms with Gasteiger partial charge >= 0.3 is 0 Å². The normalized spacial score (nSPS) is 19.7. The molecule has 58 heavy (non-hydrogen) atoms. The second-order valence-corrected chi connectivity index (χ2v) is 14.2. The largest absolute Gasteiger partial charge is 0.496 e. The van der Waals surface area contributed by atoms with Crippen LogP contribution in [0.3, 0.4) is 0 Å². The SMILES string of the molecule is COc1ccc2cc1Oc1cccc(OC)c1CNC(=O)[C@@H](C(C)C)NC(=O)[C@H]([C@@H](C)O)NC(=O)CN(C(=O)c1cnc(N3CCOCC3)nc1)CCCCNC2=O. The molecule has 3 atom stereocenters. The van der Waals surface area contributed by atoms with Crippen molar-refractivity contribution >= 4 is 35.5 Å². The standard InChI is InChI=1S/C40H52N8O10/c1-24(2)34-37(52)42-22-28-29(55-4)9-8-10-30(28)58-32-19-26(11-12-31(32)56-5)36(51)41-13-6-7-14-48(23-33(50)45-35(25(3)49)38(53)46-34)39(54)27-20-43-40(44-21-27)47-15-17-57-18-16-47/h8-12,19-21,24-25,34-35,49H,6-7,13-18,22-23H2,1-5H3,(H,41,51)(H,42,52)(H,45,50)(H,46,53)/t25-,34-,35+/m1/s1. The van der Waals surface area contributed by atoms with Crippen LogP contribution in [0.15, 0.2) is 48.8 Å². The Morgan fingerprint density at radius 2 is 1.59 bits per heavy atom. The van der Waals surface area contributed by atoms with Gasteiger partial charge in [0.15, 0.2) is 11.5 Å². The molecule has 5 amide bonds. The Morgan fingerprint density at radius 1 is 0.862 bits per heavy atom. The Labute approximate surface area is 337 Å². The number of carbonyl (C=O) groups excluding carboxylic acids is 5. The fourth-order valence-corrected chi connectivity index (χ4v) is 6.41. The summed E-state index contributed by atoms with van der Waals surface area (Å²) in [6.07, 6.45) is 2.24. The molecule has 0 spiro atoms. The summed E-state index contributed by atoms with van der Waals surface area (Å²) >= 11 is 0. The minimum absolute atomic E-state index is 0.0822. The van der Waals surface area contributed by atoms with Crippen LogP contribution in [0.25, 0.3) is 0 Å². The molecular formula is C40H52N8O10. The smallest absolute Gasteiger partial charge is 0.257 e. The number of anilines is 1. The molecule has 3 aromatic rings. The first-order chi connectivity index (χ1) is 27.9. The van der Waals surface area contributed by atoms with Gasteiger partial charge in [0.05, 0.1) is 57.8 Å². The van der Waals surface area contributed by atoms with E-state index < -0.39 is 54.3 Å². The maximum Gasteiger partial charge on any atom is 0.257 e. The molecule has 1 saturated heterocycles. The van der Waals surface area contributed by atoms with Gasteiger partial charge in [-0.3, -0.25) is 24.0 Å². The quantitative estimate of drug-likeness (QED) is 0.238. The summed E-state index contributed by atoms with van der Waals surface area (Å²) in [5.41, 5.74) is 0.905. The number of aliphatic hydroxyl groups excluding tert-OH is 1. The number of methoxy groups -OCH3 is 2. The molecule has 0 radical (unpaired) electrons. The first-order valence-electron chi connectivity index (χ1n) is 19.2. The third-order valence-electron chi connectivity index (χ3n) is 9.66. The maximum atomic E-state index is 13.8. The number of rotatable bonds is 6. The second-order valence-electron chi connectivity index (χ2n) is 14.2. The summed E-state index contributed by atoms with van der Waals surface area (Å²) in [7, 11) is 2.95. The summed E-state index contributed by atoms with van der Waals surface area (Å²) < 4.78 is 22.8. The number of hydrogen-bond acceptors (Lipinski definition) is 13. The van der Waals surface area contributed by atoms with Crippen LogP contribution in [0.5, 0.6) is 23.0 Å². The van der Waals surface area contributed by atoms with Crippen molar-refractivity contribution in [3.8, 4) is 23.0 Å². The van der Waals surface area contributed by atoms with Crippen molar-refractivity contribution in [1.82, 2.24) is 36.1 Å². The average molecular weight is 805 g/mol. The van der Waals surface area contributed by atoms with Crippen LogP contribution in [-0.4, -0.2) is 128 Å². The highest BCUT2D eigenvalue weighted by Crippen LogP contribution is 2.37. The van der Waals surface area contributed by atoms with Crippen molar-refractivity contribution in [2.75, 3.05) is 65.1 Å². The van der Waals surface area contributed by atoms with E-state index in [0.29, 0.717) is 73.5 Å². The van der Waals surface area contributed by atoms with Gasteiger partial charge in [-0.1, -0.05) is 19.9 Å². The lowest BCUT2D eigenvalue weighted by atomic mass is 10.0. The molecule has 5 rings (SSSR count). The first-order valence-corrected chi connectivity index (χ1v) is 19.2. The number of amides is 5. The molecule has 2 aliphatic rings. The fraction of sp³-hybridized carbons (Fsp3) is 0.475. The van der Waals surface area contributed by atoms with E-state index in [9.17, 15) is 29.1 Å². The van der Waals surface area contributed by atoms with Gasteiger partial charge in [-0.05, 0) is 56.0 Å². The van der Waals surface area contributed by atoms with E-state index in [-0.39, 0.29) is 36.9 Å². The lowest BCUT2D eigenvalue weighted by molar-refractivity contribution is -0.135. The van der Waals surface area contributed by atoms with E-state index in [1.807, 2.05) is 4.90 Å². The van der Waals surface area contributed by atoms with Crippen LogP contribution in [0.4, 0.5) is 5.95 Å². The Balaban J connectivity index is 1.43. The number of morpholine rings is 1. The average Bonchev–Trinajstić information content (AvgIpc) is 3.22. The van der Waals surface area contributed by atoms with Crippen LogP contribution < -0.4 is 40.4 Å². The molecular weight excluding hydrogens is 752 g/mol. The lowest BCUT2D eigenvalue weighted by Gasteiger charge is -2.28. The van der Waals surface area contributed by atoms with Crippen LogP contribution in [0.1, 0.15) is 59.9 Å². The Hall–Kier alpha value is -6.01. The highest BCUT2D eigenvalue weighted by Gasteiger charge is 2.32. The van der Waals surface area contributed by atoms with E-state index in [1.54, 1.807) is 50.2 Å². The molecule has 18 nitrogen and oxygen atoms in total.